The zero-order valence-electron chi connectivity index (χ0n) is 10.5. The molecule has 1 aliphatic carbocycles. The van der Waals surface area contributed by atoms with E-state index in [1.54, 1.807) is 6.92 Å². The summed E-state index contributed by atoms with van der Waals surface area (Å²) in [7, 11) is 0. The molecule has 2 rings (SSSR count). The molecular formula is C12H19N3OS. The van der Waals surface area contributed by atoms with Crippen molar-refractivity contribution in [3.8, 4) is 0 Å². The second-order valence-corrected chi connectivity index (χ2v) is 6.10. The number of nitrogens with one attached hydrogen (secondary N) is 1. The fourth-order valence-corrected chi connectivity index (χ4v) is 2.58. The molecule has 0 saturated heterocycles. The highest BCUT2D eigenvalue weighted by molar-refractivity contribution is 7.13. The maximum atomic E-state index is 12.0. The van der Waals surface area contributed by atoms with Gasteiger partial charge < -0.3 is 11.1 Å². The number of amides is 1. The Morgan fingerprint density at radius 2 is 2.29 bits per heavy atom. The van der Waals surface area contributed by atoms with Crippen molar-refractivity contribution in [1.82, 2.24) is 4.98 Å². The molecule has 17 heavy (non-hydrogen) atoms. The van der Waals surface area contributed by atoms with Crippen molar-refractivity contribution in [2.75, 3.05) is 5.32 Å². The number of carbonyl (C=O) groups excluding carboxylic acids is 1. The van der Waals surface area contributed by atoms with Gasteiger partial charge in [0.2, 0.25) is 5.91 Å². The molecule has 1 atom stereocenters. The first kappa shape index (κ1) is 12.5. The standard InChI is InChI=1S/C12H19N3OS/c1-7(2)9-6-17-11(14-9)15-10(16)12(3,13)8-4-5-8/h6-8H,4-5,13H2,1-3H3,(H,14,15,16). The van der Waals surface area contributed by atoms with E-state index in [1.165, 1.54) is 11.3 Å². The molecule has 0 radical (unpaired) electrons. The number of rotatable bonds is 4. The summed E-state index contributed by atoms with van der Waals surface area (Å²) in [6, 6.07) is 0. The average Bonchev–Trinajstić information content (AvgIpc) is 3.00. The molecule has 0 bridgehead atoms. The number of carbonyl (C=O) groups is 1. The summed E-state index contributed by atoms with van der Waals surface area (Å²) in [4.78, 5) is 16.4. The number of nitrogens with two attached hydrogens (primary N) is 1. The maximum absolute atomic E-state index is 12.0. The Labute approximate surface area is 106 Å². The second-order valence-electron chi connectivity index (χ2n) is 5.24. The number of hydrogen-bond acceptors (Lipinski definition) is 4. The molecule has 1 saturated carbocycles. The minimum absolute atomic E-state index is 0.121. The van der Waals surface area contributed by atoms with Crippen molar-refractivity contribution in [3.63, 3.8) is 0 Å². The van der Waals surface area contributed by atoms with Crippen LogP contribution in [0.25, 0.3) is 0 Å². The van der Waals surface area contributed by atoms with E-state index in [0.29, 0.717) is 17.0 Å². The number of thiazole rings is 1. The third kappa shape index (κ3) is 2.66. The fraction of sp³-hybridized carbons (Fsp3) is 0.667. The summed E-state index contributed by atoms with van der Waals surface area (Å²) in [5.74, 6) is 0.585. The third-order valence-corrected chi connectivity index (χ3v) is 4.02. The van der Waals surface area contributed by atoms with E-state index >= 15 is 0 Å². The van der Waals surface area contributed by atoms with Gasteiger partial charge in [0.15, 0.2) is 5.13 Å². The van der Waals surface area contributed by atoms with Crippen LogP contribution < -0.4 is 11.1 Å². The minimum atomic E-state index is -0.760. The minimum Gasteiger partial charge on any atom is -0.317 e. The predicted octanol–water partition coefficient (Wildman–Crippen LogP) is 2.33. The smallest absolute Gasteiger partial charge is 0.246 e. The molecule has 1 fully saturated rings. The zero-order valence-corrected chi connectivity index (χ0v) is 11.3. The molecule has 4 nitrogen and oxygen atoms in total. The summed E-state index contributed by atoms with van der Waals surface area (Å²) in [5.41, 5.74) is 6.29. The topological polar surface area (TPSA) is 68.0 Å². The Bertz CT molecular complexity index is 421. The van der Waals surface area contributed by atoms with E-state index in [-0.39, 0.29) is 5.91 Å². The molecule has 1 aromatic heterocycles. The summed E-state index contributed by atoms with van der Waals surface area (Å²) >= 11 is 1.46. The lowest BCUT2D eigenvalue weighted by Crippen LogP contribution is -2.50. The Kier molecular flexibility index (Phi) is 3.23. The highest BCUT2D eigenvalue weighted by atomic mass is 32.1. The monoisotopic (exact) mass is 253 g/mol. The van der Waals surface area contributed by atoms with Crippen molar-refractivity contribution < 1.29 is 4.79 Å². The molecule has 0 aromatic carbocycles. The van der Waals surface area contributed by atoms with Crippen LogP contribution in [0.15, 0.2) is 5.38 Å². The van der Waals surface area contributed by atoms with E-state index < -0.39 is 5.54 Å². The summed E-state index contributed by atoms with van der Waals surface area (Å²) in [6.07, 6.45) is 2.10. The van der Waals surface area contributed by atoms with Crippen LogP contribution >= 0.6 is 11.3 Å². The van der Waals surface area contributed by atoms with Gasteiger partial charge in [-0.2, -0.15) is 0 Å². The van der Waals surface area contributed by atoms with Crippen molar-refractivity contribution in [1.29, 1.82) is 0 Å². The maximum Gasteiger partial charge on any atom is 0.246 e. The van der Waals surface area contributed by atoms with Gasteiger partial charge in [0.05, 0.1) is 11.2 Å². The first-order chi connectivity index (χ1) is 7.91. The van der Waals surface area contributed by atoms with Crippen molar-refractivity contribution >= 4 is 22.4 Å². The lowest BCUT2D eigenvalue weighted by Gasteiger charge is -2.22. The van der Waals surface area contributed by atoms with Crippen LogP contribution in [0.5, 0.6) is 0 Å². The van der Waals surface area contributed by atoms with Gasteiger partial charge in [0, 0.05) is 5.38 Å². The SMILES string of the molecule is CC(C)c1csc(NC(=O)C(C)(N)C2CC2)n1. The van der Waals surface area contributed by atoms with Gasteiger partial charge in [-0.1, -0.05) is 13.8 Å². The Hall–Kier alpha value is -0.940. The summed E-state index contributed by atoms with van der Waals surface area (Å²) in [5, 5.41) is 5.45. The molecule has 1 aromatic rings. The van der Waals surface area contributed by atoms with Crippen molar-refractivity contribution in [3.05, 3.63) is 11.1 Å². The molecule has 1 aliphatic rings. The van der Waals surface area contributed by atoms with Gasteiger partial charge in [-0.15, -0.1) is 11.3 Å². The van der Waals surface area contributed by atoms with E-state index in [4.69, 9.17) is 5.73 Å². The average molecular weight is 253 g/mol. The van der Waals surface area contributed by atoms with Gasteiger partial charge in [-0.25, -0.2) is 4.98 Å². The zero-order chi connectivity index (χ0) is 12.6. The molecule has 3 N–H and O–H groups in total. The molecule has 94 valence electrons. The van der Waals surface area contributed by atoms with Crippen LogP contribution in [-0.2, 0) is 4.79 Å². The van der Waals surface area contributed by atoms with Crippen LogP contribution in [0.4, 0.5) is 5.13 Å². The van der Waals surface area contributed by atoms with Gasteiger partial charge in [0.25, 0.3) is 0 Å². The largest absolute Gasteiger partial charge is 0.317 e. The lowest BCUT2D eigenvalue weighted by atomic mass is 9.96. The summed E-state index contributed by atoms with van der Waals surface area (Å²) in [6.45, 7) is 5.97. The highest BCUT2D eigenvalue weighted by Gasteiger charge is 2.44. The van der Waals surface area contributed by atoms with Crippen molar-refractivity contribution in [2.24, 2.45) is 11.7 Å². The second kappa shape index (κ2) is 4.38. The molecule has 0 spiro atoms. The Morgan fingerprint density at radius 3 is 2.76 bits per heavy atom. The molecule has 0 aliphatic heterocycles. The van der Waals surface area contributed by atoms with Crippen molar-refractivity contribution in [2.45, 2.75) is 45.1 Å². The number of anilines is 1. The van der Waals surface area contributed by atoms with Gasteiger partial charge in [-0.05, 0) is 31.6 Å². The molecule has 5 heteroatoms. The Morgan fingerprint density at radius 1 is 1.65 bits per heavy atom. The van der Waals surface area contributed by atoms with Gasteiger partial charge in [0.1, 0.15) is 0 Å². The van der Waals surface area contributed by atoms with E-state index in [0.717, 1.165) is 18.5 Å². The van der Waals surface area contributed by atoms with E-state index in [9.17, 15) is 4.79 Å². The number of aromatic nitrogens is 1. The molecule has 1 amide bonds. The first-order valence-electron chi connectivity index (χ1n) is 5.97. The quantitative estimate of drug-likeness (QED) is 0.865. The Balaban J connectivity index is 2.02. The normalized spacial score (nSPS) is 19.1. The van der Waals surface area contributed by atoms with Gasteiger partial charge in [-0.3, -0.25) is 4.79 Å². The third-order valence-electron chi connectivity index (χ3n) is 3.25. The van der Waals surface area contributed by atoms with E-state index in [1.807, 2.05) is 5.38 Å². The predicted molar refractivity (Wildman–Crippen MR) is 70.1 cm³/mol. The highest BCUT2D eigenvalue weighted by Crippen LogP contribution is 2.38. The molecule has 1 unspecified atom stereocenters. The van der Waals surface area contributed by atoms with Crippen LogP contribution in [0, 0.1) is 5.92 Å². The van der Waals surface area contributed by atoms with Crippen LogP contribution in [0.2, 0.25) is 0 Å². The first-order valence-corrected chi connectivity index (χ1v) is 6.85. The fourth-order valence-electron chi connectivity index (χ4n) is 1.71. The number of hydrogen-bond donors (Lipinski definition) is 2. The molecule has 1 heterocycles. The lowest BCUT2D eigenvalue weighted by molar-refractivity contribution is -0.121. The van der Waals surface area contributed by atoms with Crippen LogP contribution in [-0.4, -0.2) is 16.4 Å². The summed E-state index contributed by atoms with van der Waals surface area (Å²) < 4.78 is 0. The number of nitrogens with zero attached hydrogens (tertiary/aromatic N) is 1. The molecular weight excluding hydrogens is 234 g/mol. The van der Waals surface area contributed by atoms with Crippen LogP contribution in [0.1, 0.15) is 45.2 Å². The van der Waals surface area contributed by atoms with Gasteiger partial charge >= 0.3 is 0 Å². The van der Waals surface area contributed by atoms with E-state index in [2.05, 4.69) is 24.1 Å². The van der Waals surface area contributed by atoms with Crippen LogP contribution in [0.3, 0.4) is 0 Å².